The molecule has 0 unspecified atom stereocenters. The normalized spacial score (nSPS) is 19.8. The highest BCUT2D eigenvalue weighted by Crippen LogP contribution is 2.30. The van der Waals surface area contributed by atoms with Crippen LogP contribution in [0.25, 0.3) is 0 Å². The summed E-state index contributed by atoms with van der Waals surface area (Å²) in [6, 6.07) is -0.0131. The molecule has 0 atom stereocenters. The highest BCUT2D eigenvalue weighted by Gasteiger charge is 2.29. The van der Waals surface area contributed by atoms with Gasteiger partial charge in [0.05, 0.1) is 12.2 Å². The summed E-state index contributed by atoms with van der Waals surface area (Å²) in [5.41, 5.74) is 1.17. The number of amides is 2. The first-order valence-corrected chi connectivity index (χ1v) is 8.07. The van der Waals surface area contributed by atoms with Crippen LogP contribution in [0.3, 0.4) is 0 Å². The third-order valence-electron chi connectivity index (χ3n) is 4.07. The number of carbonyl (C=O) groups is 1. The van der Waals surface area contributed by atoms with E-state index in [1.165, 1.54) is 11.5 Å². The maximum Gasteiger partial charge on any atom is 0.317 e. The summed E-state index contributed by atoms with van der Waals surface area (Å²) in [6.07, 6.45) is 2.09. The monoisotopic (exact) mass is 390 g/mol. The van der Waals surface area contributed by atoms with Crippen molar-refractivity contribution in [3.05, 3.63) is 15.2 Å². The molecule has 0 aliphatic carbocycles. The van der Waals surface area contributed by atoms with E-state index in [0.717, 1.165) is 42.8 Å². The average Bonchev–Trinajstić information content (AvgIpc) is 2.84. The second-order valence-corrected chi connectivity index (χ2v) is 6.24. The fourth-order valence-corrected chi connectivity index (χ4v) is 3.66. The number of aromatic nitrogens is 2. The molecule has 20 heavy (non-hydrogen) atoms. The first kappa shape index (κ1) is 14.1. The number of halogens is 1. The van der Waals surface area contributed by atoms with Crippen LogP contribution in [-0.2, 0) is 17.8 Å². The van der Waals surface area contributed by atoms with Gasteiger partial charge in [-0.25, -0.2) is 9.78 Å². The van der Waals surface area contributed by atoms with Gasteiger partial charge in [-0.1, -0.05) is 0 Å². The van der Waals surface area contributed by atoms with Gasteiger partial charge in [0.15, 0.2) is 0 Å². The van der Waals surface area contributed by atoms with Gasteiger partial charge in [0, 0.05) is 39.3 Å². The molecule has 1 aromatic rings. The molecule has 0 radical (unpaired) electrons. The zero-order valence-corrected chi connectivity index (χ0v) is 13.7. The van der Waals surface area contributed by atoms with Crippen molar-refractivity contribution in [1.29, 1.82) is 0 Å². The Labute approximate surface area is 132 Å². The predicted molar refractivity (Wildman–Crippen MR) is 82.6 cm³/mol. The van der Waals surface area contributed by atoms with Gasteiger partial charge in [-0.05, 0) is 35.4 Å². The Balaban J connectivity index is 1.85. The molecule has 1 fully saturated rings. The first-order valence-electron chi connectivity index (χ1n) is 7.00. The molecule has 3 heterocycles. The van der Waals surface area contributed by atoms with Gasteiger partial charge >= 0.3 is 6.03 Å². The van der Waals surface area contributed by atoms with E-state index in [1.54, 1.807) is 7.05 Å². The van der Waals surface area contributed by atoms with E-state index in [9.17, 15) is 4.79 Å². The summed E-state index contributed by atoms with van der Waals surface area (Å²) in [4.78, 5) is 18.4. The Morgan fingerprint density at radius 2 is 2.15 bits per heavy atom. The van der Waals surface area contributed by atoms with Crippen LogP contribution in [0.1, 0.15) is 30.3 Å². The fraction of sp³-hybridized carbons (Fsp3) is 0.692. The van der Waals surface area contributed by atoms with Crippen molar-refractivity contribution in [2.24, 2.45) is 0 Å². The topological polar surface area (TPSA) is 59.4 Å². The number of fused-ring (bicyclic) bond motifs is 1. The second-order valence-electron chi connectivity index (χ2n) is 5.22. The SMILES string of the molecule is CNC(=O)N1CCn2c(C3CCOCC3)nc(I)c2C1. The van der Waals surface area contributed by atoms with Gasteiger partial charge < -0.3 is 19.5 Å². The second kappa shape index (κ2) is 5.88. The molecule has 1 saturated heterocycles. The number of urea groups is 1. The van der Waals surface area contributed by atoms with Crippen LogP contribution in [-0.4, -0.2) is 47.3 Å². The average molecular weight is 390 g/mol. The third-order valence-corrected chi connectivity index (χ3v) is 4.94. The minimum absolute atomic E-state index is 0.0131. The molecule has 2 aliphatic heterocycles. The summed E-state index contributed by atoms with van der Waals surface area (Å²) >= 11 is 2.28. The lowest BCUT2D eigenvalue weighted by Gasteiger charge is -2.30. The van der Waals surface area contributed by atoms with Crippen molar-refractivity contribution in [1.82, 2.24) is 19.8 Å². The van der Waals surface area contributed by atoms with E-state index in [-0.39, 0.29) is 6.03 Å². The Hall–Kier alpha value is -0.830. The molecular formula is C13H19IN4O2. The zero-order valence-electron chi connectivity index (χ0n) is 11.6. The molecular weight excluding hydrogens is 371 g/mol. The van der Waals surface area contributed by atoms with Crippen LogP contribution in [0.4, 0.5) is 4.79 Å². The van der Waals surface area contributed by atoms with Crippen molar-refractivity contribution in [2.75, 3.05) is 26.8 Å². The molecule has 1 N–H and O–H groups in total. The van der Waals surface area contributed by atoms with E-state index >= 15 is 0 Å². The summed E-state index contributed by atoms with van der Waals surface area (Å²) in [7, 11) is 1.67. The van der Waals surface area contributed by atoms with Crippen LogP contribution >= 0.6 is 22.6 Å². The van der Waals surface area contributed by atoms with Crippen molar-refractivity contribution >= 4 is 28.6 Å². The summed E-state index contributed by atoms with van der Waals surface area (Å²) in [5, 5.41) is 2.69. The molecule has 1 aromatic heterocycles. The highest BCUT2D eigenvalue weighted by molar-refractivity contribution is 14.1. The van der Waals surface area contributed by atoms with Crippen LogP contribution in [0, 0.1) is 3.70 Å². The molecule has 0 aromatic carbocycles. The van der Waals surface area contributed by atoms with Crippen LogP contribution in [0.2, 0.25) is 0 Å². The Kier molecular flexibility index (Phi) is 4.16. The van der Waals surface area contributed by atoms with Gasteiger partial charge in [0.25, 0.3) is 0 Å². The molecule has 2 aliphatic rings. The Morgan fingerprint density at radius 3 is 2.85 bits per heavy atom. The molecule has 110 valence electrons. The lowest BCUT2D eigenvalue weighted by molar-refractivity contribution is 0.0823. The maximum atomic E-state index is 11.8. The van der Waals surface area contributed by atoms with E-state index in [0.29, 0.717) is 12.5 Å². The first-order chi connectivity index (χ1) is 9.70. The number of nitrogens with zero attached hydrogens (tertiary/aromatic N) is 3. The molecule has 2 amide bonds. The minimum Gasteiger partial charge on any atom is -0.381 e. The fourth-order valence-electron chi connectivity index (χ4n) is 2.95. The van der Waals surface area contributed by atoms with E-state index < -0.39 is 0 Å². The van der Waals surface area contributed by atoms with Gasteiger partial charge in [-0.3, -0.25) is 0 Å². The van der Waals surface area contributed by atoms with E-state index in [1.807, 2.05) is 4.90 Å². The Bertz CT molecular complexity index is 511. The minimum atomic E-state index is -0.0131. The van der Waals surface area contributed by atoms with Crippen LogP contribution in [0.15, 0.2) is 0 Å². The van der Waals surface area contributed by atoms with Crippen molar-refractivity contribution in [3.63, 3.8) is 0 Å². The van der Waals surface area contributed by atoms with Crippen molar-refractivity contribution in [2.45, 2.75) is 31.8 Å². The number of ether oxygens (including phenoxy) is 1. The third kappa shape index (κ3) is 2.52. The molecule has 3 rings (SSSR count). The molecule has 6 nitrogen and oxygen atoms in total. The standard InChI is InChI=1S/C13H19IN4O2/c1-15-13(19)17-4-5-18-10(8-17)11(14)16-12(18)9-2-6-20-7-3-9/h9H,2-8H2,1H3,(H,15,19). The van der Waals surface area contributed by atoms with E-state index in [4.69, 9.17) is 9.72 Å². The van der Waals surface area contributed by atoms with Crippen LogP contribution in [0.5, 0.6) is 0 Å². The van der Waals surface area contributed by atoms with Crippen molar-refractivity contribution in [3.8, 4) is 0 Å². The van der Waals surface area contributed by atoms with Crippen molar-refractivity contribution < 1.29 is 9.53 Å². The molecule has 0 spiro atoms. The maximum absolute atomic E-state index is 11.8. The number of carbonyl (C=O) groups excluding carboxylic acids is 1. The quantitative estimate of drug-likeness (QED) is 0.741. The number of imidazole rings is 1. The summed E-state index contributed by atoms with van der Waals surface area (Å²) in [6.45, 7) is 3.89. The van der Waals surface area contributed by atoms with Gasteiger partial charge in [-0.2, -0.15) is 0 Å². The van der Waals surface area contributed by atoms with E-state index in [2.05, 4.69) is 32.5 Å². The number of nitrogens with one attached hydrogen (secondary N) is 1. The number of hydrogen-bond acceptors (Lipinski definition) is 3. The van der Waals surface area contributed by atoms with Crippen LogP contribution < -0.4 is 5.32 Å². The smallest absolute Gasteiger partial charge is 0.317 e. The Morgan fingerprint density at radius 1 is 1.40 bits per heavy atom. The number of rotatable bonds is 1. The lowest BCUT2D eigenvalue weighted by Crippen LogP contribution is -2.43. The molecule has 0 saturated carbocycles. The molecule has 0 bridgehead atoms. The van der Waals surface area contributed by atoms with Gasteiger partial charge in [-0.15, -0.1) is 0 Å². The predicted octanol–water partition coefficient (Wildman–Crippen LogP) is 1.54. The van der Waals surface area contributed by atoms with Gasteiger partial charge in [0.2, 0.25) is 0 Å². The summed E-state index contributed by atoms with van der Waals surface area (Å²) < 4.78 is 8.78. The summed E-state index contributed by atoms with van der Waals surface area (Å²) in [5.74, 6) is 1.68. The lowest BCUT2D eigenvalue weighted by atomic mass is 9.99. The largest absolute Gasteiger partial charge is 0.381 e. The van der Waals surface area contributed by atoms with Gasteiger partial charge in [0.1, 0.15) is 9.53 Å². The zero-order chi connectivity index (χ0) is 14.1. The highest BCUT2D eigenvalue weighted by atomic mass is 127. The number of hydrogen-bond donors (Lipinski definition) is 1. The molecule has 7 heteroatoms.